The van der Waals surface area contributed by atoms with E-state index in [0.717, 1.165) is 41.7 Å². The average Bonchev–Trinajstić information content (AvgIpc) is 3.10. The molecular weight excluding hydrogens is 353 g/mol. The third-order valence-corrected chi connectivity index (χ3v) is 5.57. The number of aromatic hydroxyl groups is 1. The van der Waals surface area contributed by atoms with Gasteiger partial charge in [0.1, 0.15) is 17.4 Å². The summed E-state index contributed by atoms with van der Waals surface area (Å²) in [5, 5.41) is 11.2. The number of nitrogens with zero attached hydrogens (tertiary/aromatic N) is 3. The number of aromatic nitrogens is 2. The lowest BCUT2D eigenvalue weighted by atomic mass is 9.85. The Hall–Kier alpha value is -2.69. The maximum atomic E-state index is 14.5. The highest BCUT2D eigenvalue weighted by Gasteiger charge is 2.36. The van der Waals surface area contributed by atoms with Crippen LogP contribution in [0.25, 0.3) is 22.3 Å². The van der Waals surface area contributed by atoms with Crippen molar-refractivity contribution in [2.75, 3.05) is 11.4 Å². The lowest BCUT2D eigenvalue weighted by molar-refractivity contribution is 0.320. The Balaban J connectivity index is 1.98. The Kier molecular flexibility index (Phi) is 4.48. The minimum absolute atomic E-state index is 0.0543. The van der Waals surface area contributed by atoms with E-state index >= 15 is 0 Å². The van der Waals surface area contributed by atoms with Gasteiger partial charge in [0.2, 0.25) is 0 Å². The summed E-state index contributed by atoms with van der Waals surface area (Å²) < 4.78 is 14.5. The first-order valence-corrected chi connectivity index (χ1v) is 9.78. The summed E-state index contributed by atoms with van der Waals surface area (Å²) in [6, 6.07) is 10.7. The molecule has 2 heterocycles. The molecule has 5 heteroatoms. The van der Waals surface area contributed by atoms with Gasteiger partial charge < -0.3 is 10.0 Å². The van der Waals surface area contributed by atoms with Gasteiger partial charge in [0.25, 0.3) is 0 Å². The zero-order chi connectivity index (χ0) is 20.1. The van der Waals surface area contributed by atoms with Crippen LogP contribution in [0.3, 0.4) is 0 Å². The molecule has 0 saturated carbocycles. The van der Waals surface area contributed by atoms with E-state index in [1.807, 2.05) is 19.1 Å². The normalized spacial score (nSPS) is 17.5. The van der Waals surface area contributed by atoms with Crippen LogP contribution >= 0.6 is 0 Å². The molecule has 1 fully saturated rings. The highest BCUT2D eigenvalue weighted by atomic mass is 19.1. The molecule has 1 aromatic heterocycles. The molecule has 1 saturated heterocycles. The number of halogens is 1. The van der Waals surface area contributed by atoms with Gasteiger partial charge >= 0.3 is 0 Å². The molecule has 28 heavy (non-hydrogen) atoms. The second-order valence-corrected chi connectivity index (χ2v) is 8.74. The lowest BCUT2D eigenvalue weighted by Crippen LogP contribution is -2.40. The number of phenols is 1. The number of phenolic OH excluding ortho intramolecular Hbond substituents is 1. The fourth-order valence-corrected chi connectivity index (χ4v) is 4.21. The van der Waals surface area contributed by atoms with E-state index in [2.05, 4.69) is 36.7 Å². The molecule has 0 spiro atoms. The van der Waals surface area contributed by atoms with Crippen LogP contribution in [0, 0.1) is 18.2 Å². The molecule has 0 radical (unpaired) electrons. The van der Waals surface area contributed by atoms with E-state index < -0.39 is 5.82 Å². The van der Waals surface area contributed by atoms with Crippen molar-refractivity contribution in [2.45, 2.75) is 46.6 Å². The number of fused-ring (bicyclic) bond motifs is 1. The molecular formula is C23H26FN3O. The summed E-state index contributed by atoms with van der Waals surface area (Å²) >= 11 is 0. The summed E-state index contributed by atoms with van der Waals surface area (Å²) in [4.78, 5) is 11.7. The number of rotatable bonds is 2. The first-order valence-electron chi connectivity index (χ1n) is 9.78. The van der Waals surface area contributed by atoms with Gasteiger partial charge in [-0.2, -0.15) is 0 Å². The van der Waals surface area contributed by atoms with Crippen LogP contribution in [0.5, 0.6) is 5.75 Å². The average molecular weight is 379 g/mol. The highest BCUT2D eigenvalue weighted by molar-refractivity contribution is 5.92. The van der Waals surface area contributed by atoms with Crippen LogP contribution in [-0.2, 0) is 0 Å². The minimum atomic E-state index is -0.522. The Labute approximate surface area is 165 Å². The Morgan fingerprint density at radius 2 is 1.93 bits per heavy atom. The molecule has 0 amide bonds. The molecule has 1 atom stereocenters. The Morgan fingerprint density at radius 3 is 2.64 bits per heavy atom. The van der Waals surface area contributed by atoms with Gasteiger partial charge in [-0.1, -0.05) is 32.9 Å². The van der Waals surface area contributed by atoms with Crippen LogP contribution in [0.2, 0.25) is 0 Å². The summed E-state index contributed by atoms with van der Waals surface area (Å²) in [7, 11) is 0. The molecule has 146 valence electrons. The maximum Gasteiger partial charge on any atom is 0.168 e. The van der Waals surface area contributed by atoms with Gasteiger partial charge in [-0.15, -0.1) is 0 Å². The topological polar surface area (TPSA) is 49.2 Å². The van der Waals surface area contributed by atoms with Crippen molar-refractivity contribution in [1.29, 1.82) is 0 Å². The maximum absolute atomic E-state index is 14.5. The van der Waals surface area contributed by atoms with Crippen molar-refractivity contribution in [2.24, 2.45) is 5.41 Å². The van der Waals surface area contributed by atoms with E-state index in [9.17, 15) is 9.50 Å². The smallest absolute Gasteiger partial charge is 0.168 e. The van der Waals surface area contributed by atoms with Crippen LogP contribution in [0.15, 0.2) is 36.4 Å². The zero-order valence-corrected chi connectivity index (χ0v) is 16.8. The van der Waals surface area contributed by atoms with Crippen molar-refractivity contribution in [3.8, 4) is 17.1 Å². The Bertz CT molecular complexity index is 1020. The number of hydrogen-bond donors (Lipinski definition) is 1. The summed E-state index contributed by atoms with van der Waals surface area (Å²) in [6.07, 6.45) is 2.20. The second-order valence-electron chi connectivity index (χ2n) is 8.74. The fraction of sp³-hybridized carbons (Fsp3) is 0.391. The molecule has 0 unspecified atom stereocenters. The van der Waals surface area contributed by atoms with Crippen molar-refractivity contribution in [3.63, 3.8) is 0 Å². The molecule has 1 aliphatic heterocycles. The molecule has 1 N–H and O–H groups in total. The number of anilines is 1. The summed E-state index contributed by atoms with van der Waals surface area (Å²) in [6.45, 7) is 9.65. The lowest BCUT2D eigenvalue weighted by Gasteiger charge is -2.36. The van der Waals surface area contributed by atoms with Gasteiger partial charge in [0, 0.05) is 18.0 Å². The van der Waals surface area contributed by atoms with Gasteiger partial charge in [-0.25, -0.2) is 14.4 Å². The van der Waals surface area contributed by atoms with Crippen LogP contribution in [-0.4, -0.2) is 27.7 Å². The van der Waals surface area contributed by atoms with Crippen molar-refractivity contribution in [3.05, 3.63) is 47.8 Å². The predicted molar refractivity (Wildman–Crippen MR) is 111 cm³/mol. The molecule has 1 aliphatic rings. The quantitative estimate of drug-likeness (QED) is 0.642. The summed E-state index contributed by atoms with van der Waals surface area (Å²) in [5.41, 5.74) is 1.99. The van der Waals surface area contributed by atoms with Crippen LogP contribution < -0.4 is 4.90 Å². The van der Waals surface area contributed by atoms with Crippen LogP contribution in [0.4, 0.5) is 10.2 Å². The molecule has 4 nitrogen and oxygen atoms in total. The van der Waals surface area contributed by atoms with Crippen molar-refractivity contribution < 1.29 is 9.50 Å². The van der Waals surface area contributed by atoms with Gasteiger partial charge in [0.05, 0.1) is 11.1 Å². The molecule has 0 aliphatic carbocycles. The van der Waals surface area contributed by atoms with E-state index in [4.69, 9.17) is 4.98 Å². The SMILES string of the molecule is Cc1ccc2c(N3CCC[C@@H]3C(C)(C)C)nc(-c3c(O)cccc3F)nc2c1. The highest BCUT2D eigenvalue weighted by Crippen LogP contribution is 2.40. The van der Waals surface area contributed by atoms with Crippen molar-refractivity contribution >= 4 is 16.7 Å². The first-order chi connectivity index (χ1) is 13.3. The third-order valence-electron chi connectivity index (χ3n) is 5.57. The fourth-order valence-electron chi connectivity index (χ4n) is 4.21. The molecule has 4 rings (SSSR count). The molecule has 3 aromatic rings. The van der Waals surface area contributed by atoms with Gasteiger partial charge in [0.15, 0.2) is 5.82 Å². The zero-order valence-electron chi connectivity index (χ0n) is 16.8. The molecule has 0 bridgehead atoms. The largest absolute Gasteiger partial charge is 0.507 e. The van der Waals surface area contributed by atoms with Crippen molar-refractivity contribution in [1.82, 2.24) is 9.97 Å². The standard InChI is InChI=1S/C23H26FN3O/c1-14-10-11-15-17(13-14)25-21(20-16(24)7-5-8-18(20)28)26-22(15)27-12-6-9-19(27)23(2,3)4/h5,7-8,10-11,13,19,28H,6,9,12H2,1-4H3/t19-/m1/s1. The minimum Gasteiger partial charge on any atom is -0.507 e. The van der Waals surface area contributed by atoms with E-state index in [1.54, 1.807) is 0 Å². The van der Waals surface area contributed by atoms with E-state index in [0.29, 0.717) is 6.04 Å². The van der Waals surface area contributed by atoms with Crippen LogP contribution in [0.1, 0.15) is 39.2 Å². The van der Waals surface area contributed by atoms with Gasteiger partial charge in [-0.3, -0.25) is 0 Å². The predicted octanol–water partition coefficient (Wildman–Crippen LogP) is 5.46. The Morgan fingerprint density at radius 1 is 1.14 bits per heavy atom. The second kappa shape index (κ2) is 6.73. The van der Waals surface area contributed by atoms with Gasteiger partial charge in [-0.05, 0) is 55.0 Å². The monoisotopic (exact) mass is 379 g/mol. The first kappa shape index (κ1) is 18.7. The molecule has 2 aromatic carbocycles. The third kappa shape index (κ3) is 3.19. The van der Waals surface area contributed by atoms with E-state index in [-0.39, 0.29) is 22.6 Å². The number of hydrogen-bond acceptors (Lipinski definition) is 4. The number of benzene rings is 2. The summed E-state index contributed by atoms with van der Waals surface area (Å²) in [5.74, 6) is 0.377. The number of aryl methyl sites for hydroxylation is 1. The van der Waals surface area contributed by atoms with E-state index in [1.165, 1.54) is 18.2 Å².